The van der Waals surface area contributed by atoms with Crippen molar-refractivity contribution in [3.05, 3.63) is 0 Å². The molecule has 0 saturated carbocycles. The molecule has 0 aliphatic carbocycles. The third kappa shape index (κ3) is 2.43. The Balaban J connectivity index is 2.45. The normalized spacial score (nSPS) is 17.2. The Bertz CT molecular complexity index is 228. The molecule has 6 heteroatoms. The van der Waals surface area contributed by atoms with E-state index in [1.54, 1.807) is 0 Å². The van der Waals surface area contributed by atoms with Crippen molar-refractivity contribution in [2.75, 3.05) is 12.3 Å². The van der Waals surface area contributed by atoms with E-state index in [9.17, 15) is 9.59 Å². The van der Waals surface area contributed by atoms with E-state index < -0.39 is 5.24 Å². The number of halogens is 1. The quantitative estimate of drug-likeness (QED) is 0.529. The van der Waals surface area contributed by atoms with Crippen LogP contribution in [0.3, 0.4) is 0 Å². The van der Waals surface area contributed by atoms with Crippen LogP contribution >= 0.6 is 35.6 Å². The van der Waals surface area contributed by atoms with Crippen LogP contribution in [0.5, 0.6) is 0 Å². The van der Waals surface area contributed by atoms with Crippen LogP contribution < -0.4 is 0 Å². The molecule has 1 rings (SSSR count). The molecular weight excluding hydrogens is 218 g/mol. The van der Waals surface area contributed by atoms with Gasteiger partial charge in [-0.1, -0.05) is 24.0 Å². The first-order chi connectivity index (χ1) is 5.61. The van der Waals surface area contributed by atoms with Gasteiger partial charge in [0, 0.05) is 13.0 Å². The fraction of sp³-hybridized carbons (Fsp3) is 0.500. The predicted molar refractivity (Wildman–Crippen MR) is 52.2 cm³/mol. The maximum Gasteiger partial charge on any atom is 0.238 e. The maximum absolute atomic E-state index is 11.1. The fourth-order valence-electron chi connectivity index (χ4n) is 0.797. The van der Waals surface area contributed by atoms with Gasteiger partial charge >= 0.3 is 0 Å². The predicted octanol–water partition coefficient (Wildman–Crippen LogP) is 1.00. The molecule has 12 heavy (non-hydrogen) atoms. The summed E-state index contributed by atoms with van der Waals surface area (Å²) in [6.07, 6.45) is 0.161. The zero-order valence-corrected chi connectivity index (χ0v) is 8.47. The molecule has 1 aliphatic heterocycles. The minimum absolute atomic E-state index is 0.0390. The van der Waals surface area contributed by atoms with E-state index in [2.05, 4.69) is 0 Å². The van der Waals surface area contributed by atoms with Crippen LogP contribution in [-0.2, 0) is 9.59 Å². The van der Waals surface area contributed by atoms with E-state index in [0.29, 0.717) is 16.6 Å². The van der Waals surface area contributed by atoms with Crippen LogP contribution in [0, 0.1) is 0 Å². The molecule has 1 amide bonds. The lowest BCUT2D eigenvalue weighted by Crippen LogP contribution is -2.30. The van der Waals surface area contributed by atoms with Gasteiger partial charge in [0.05, 0.1) is 5.75 Å². The average molecular weight is 224 g/mol. The molecule has 0 unspecified atom stereocenters. The Hall–Kier alpha value is -0.130. The van der Waals surface area contributed by atoms with E-state index in [4.69, 9.17) is 23.8 Å². The van der Waals surface area contributed by atoms with Gasteiger partial charge in [-0.2, -0.15) is 0 Å². The largest absolute Gasteiger partial charge is 0.297 e. The highest BCUT2D eigenvalue weighted by atomic mass is 35.5. The van der Waals surface area contributed by atoms with Gasteiger partial charge in [-0.25, -0.2) is 0 Å². The first-order valence-corrected chi connectivity index (χ1v) is 5.04. The molecule has 0 N–H and O–H groups in total. The number of thiocarbonyl (C=S) groups is 1. The number of rotatable bonds is 3. The molecule has 1 saturated heterocycles. The molecule has 1 heterocycles. The molecule has 0 aromatic carbocycles. The molecule has 3 nitrogen and oxygen atoms in total. The summed E-state index contributed by atoms with van der Waals surface area (Å²) in [4.78, 5) is 22.9. The van der Waals surface area contributed by atoms with Gasteiger partial charge in [0.25, 0.3) is 0 Å². The van der Waals surface area contributed by atoms with Crippen LogP contribution in [0.4, 0.5) is 0 Å². The second-order valence-electron chi connectivity index (χ2n) is 2.21. The van der Waals surface area contributed by atoms with E-state index >= 15 is 0 Å². The van der Waals surface area contributed by atoms with Gasteiger partial charge < -0.3 is 0 Å². The Labute approximate surface area is 84.4 Å². The first kappa shape index (κ1) is 9.95. The standard InChI is InChI=1S/C6H6ClNO2S2/c7-4(9)1-2-8-5(10)3-12-6(8)11/h1-3H2. The van der Waals surface area contributed by atoms with Gasteiger partial charge in [-0.3, -0.25) is 14.5 Å². The smallest absolute Gasteiger partial charge is 0.238 e. The molecule has 0 spiro atoms. The molecule has 66 valence electrons. The lowest BCUT2D eigenvalue weighted by molar-refractivity contribution is -0.124. The Morgan fingerprint density at radius 1 is 1.75 bits per heavy atom. The summed E-state index contributed by atoms with van der Waals surface area (Å²) in [5, 5.41) is -0.442. The summed E-state index contributed by atoms with van der Waals surface area (Å²) in [6.45, 7) is 0.312. The van der Waals surface area contributed by atoms with E-state index in [1.807, 2.05) is 0 Å². The van der Waals surface area contributed by atoms with Gasteiger partial charge in [-0.15, -0.1) is 0 Å². The highest BCUT2D eigenvalue weighted by Gasteiger charge is 2.26. The monoisotopic (exact) mass is 223 g/mol. The van der Waals surface area contributed by atoms with Crippen LogP contribution in [0.1, 0.15) is 6.42 Å². The molecule has 0 aromatic rings. The van der Waals surface area contributed by atoms with Crippen molar-refractivity contribution >= 4 is 51.1 Å². The van der Waals surface area contributed by atoms with Crippen molar-refractivity contribution in [3.63, 3.8) is 0 Å². The van der Waals surface area contributed by atoms with Gasteiger partial charge in [0.15, 0.2) is 0 Å². The topological polar surface area (TPSA) is 37.4 Å². The molecule has 1 aliphatic rings. The summed E-state index contributed by atoms with van der Waals surface area (Å²) in [5.41, 5.74) is 0. The third-order valence-corrected chi connectivity index (χ3v) is 2.99. The lowest BCUT2D eigenvalue weighted by atomic mass is 10.4. The van der Waals surface area contributed by atoms with E-state index in [-0.39, 0.29) is 12.3 Å². The zero-order chi connectivity index (χ0) is 9.14. The van der Waals surface area contributed by atoms with Crippen molar-refractivity contribution in [1.29, 1.82) is 0 Å². The number of hydrogen-bond acceptors (Lipinski definition) is 4. The summed E-state index contributed by atoms with van der Waals surface area (Å²) >= 11 is 11.3. The zero-order valence-electron chi connectivity index (χ0n) is 6.08. The molecule has 0 atom stereocenters. The first-order valence-electron chi connectivity index (χ1n) is 3.26. The number of nitrogens with zero attached hydrogens (tertiary/aromatic N) is 1. The van der Waals surface area contributed by atoms with E-state index in [0.717, 1.165) is 0 Å². The number of amides is 1. The summed E-state index contributed by atoms with van der Waals surface area (Å²) in [6, 6.07) is 0. The molecule has 0 aromatic heterocycles. The minimum atomic E-state index is -0.442. The highest BCUT2D eigenvalue weighted by Crippen LogP contribution is 2.19. The molecule has 1 fully saturated rings. The average Bonchev–Trinajstić information content (AvgIpc) is 2.28. The van der Waals surface area contributed by atoms with Crippen molar-refractivity contribution in [2.45, 2.75) is 6.42 Å². The third-order valence-electron chi connectivity index (χ3n) is 1.37. The van der Waals surface area contributed by atoms with Crippen LogP contribution in [-0.4, -0.2) is 32.7 Å². The number of thioether (sulfide) groups is 1. The maximum atomic E-state index is 11.1. The second kappa shape index (κ2) is 4.20. The Morgan fingerprint density at radius 2 is 2.42 bits per heavy atom. The SMILES string of the molecule is O=C(Cl)CCN1C(=O)CSC1=S. The van der Waals surface area contributed by atoms with Gasteiger partial charge in [-0.05, 0) is 11.6 Å². The molecule has 0 bridgehead atoms. The lowest BCUT2D eigenvalue weighted by Gasteiger charge is -2.12. The van der Waals surface area contributed by atoms with Crippen molar-refractivity contribution in [2.24, 2.45) is 0 Å². The van der Waals surface area contributed by atoms with Gasteiger partial charge in [0.1, 0.15) is 4.32 Å². The minimum Gasteiger partial charge on any atom is -0.297 e. The van der Waals surface area contributed by atoms with Crippen molar-refractivity contribution in [3.8, 4) is 0 Å². The molecular formula is C6H6ClNO2S2. The van der Waals surface area contributed by atoms with Crippen molar-refractivity contribution < 1.29 is 9.59 Å². The van der Waals surface area contributed by atoms with Crippen molar-refractivity contribution in [1.82, 2.24) is 4.90 Å². The highest BCUT2D eigenvalue weighted by molar-refractivity contribution is 8.23. The Morgan fingerprint density at radius 3 is 2.83 bits per heavy atom. The number of carbonyl (C=O) groups is 2. The summed E-state index contributed by atoms with van der Waals surface area (Å²) < 4.78 is 0.540. The molecule has 0 radical (unpaired) electrons. The van der Waals surface area contributed by atoms with Crippen LogP contribution in [0.25, 0.3) is 0 Å². The van der Waals surface area contributed by atoms with Gasteiger partial charge in [0.2, 0.25) is 11.1 Å². The summed E-state index contributed by atoms with van der Waals surface area (Å²) in [7, 11) is 0. The van der Waals surface area contributed by atoms with Crippen LogP contribution in [0.15, 0.2) is 0 Å². The summed E-state index contributed by atoms with van der Waals surface area (Å²) in [5.74, 6) is 0.345. The fourth-order valence-corrected chi connectivity index (χ4v) is 2.00. The Kier molecular flexibility index (Phi) is 3.49. The van der Waals surface area contributed by atoms with E-state index in [1.165, 1.54) is 16.7 Å². The number of hydrogen-bond donors (Lipinski definition) is 0. The number of carbonyl (C=O) groups excluding carboxylic acids is 2. The second-order valence-corrected chi connectivity index (χ2v) is 4.24. The van der Waals surface area contributed by atoms with Crippen LogP contribution in [0.2, 0.25) is 0 Å².